The molecule has 4 aliphatic rings. The molecule has 4 aliphatic heterocycles. The molecule has 2 N–H and O–H groups in total. The van der Waals surface area contributed by atoms with Gasteiger partial charge in [-0.2, -0.15) is 0 Å². The number of hydrogen-bond acceptors (Lipinski definition) is 8. The van der Waals surface area contributed by atoms with E-state index in [0.717, 1.165) is 51.0 Å². The number of piperazine rings is 1. The second-order valence-corrected chi connectivity index (χ2v) is 12.7. The zero-order valence-corrected chi connectivity index (χ0v) is 24.2. The van der Waals surface area contributed by atoms with Gasteiger partial charge in [0.05, 0.1) is 11.2 Å². The minimum atomic E-state index is -0.892. The molecule has 4 saturated heterocycles. The minimum Gasteiger partial charge on any atom is -0.493 e. The van der Waals surface area contributed by atoms with Crippen molar-refractivity contribution in [3.05, 3.63) is 54.2 Å². The van der Waals surface area contributed by atoms with E-state index in [9.17, 15) is 13.9 Å². The van der Waals surface area contributed by atoms with E-state index in [1.54, 1.807) is 6.20 Å². The van der Waals surface area contributed by atoms with Crippen molar-refractivity contribution in [3.8, 4) is 23.1 Å². The third kappa shape index (κ3) is 4.39. The fraction of sp³-hybridized carbons (Fsp3) is 0.424. The largest absolute Gasteiger partial charge is 0.493 e. The SMILES string of the molecule is C=Cc1c(F)ccc2cc(O)nc(-c3ncc4c(N5CC6CCC(C5)N6)cc(OC[C@@]56CCCN5C[C@H](F)C6)nc4c3F)c12. The number of hydrogen-bond donors (Lipinski definition) is 2. The van der Waals surface area contributed by atoms with Crippen LogP contribution in [0.15, 0.2) is 37.0 Å². The molecule has 0 amide bonds. The highest BCUT2D eigenvalue weighted by atomic mass is 19.1. The summed E-state index contributed by atoms with van der Waals surface area (Å²) in [5.41, 5.74) is 0.379. The van der Waals surface area contributed by atoms with Gasteiger partial charge in [-0.05, 0) is 43.7 Å². The normalized spacial score (nSPS) is 26.5. The summed E-state index contributed by atoms with van der Waals surface area (Å²) in [4.78, 5) is 17.7. The fourth-order valence-corrected chi connectivity index (χ4v) is 7.97. The van der Waals surface area contributed by atoms with E-state index < -0.39 is 17.8 Å². The molecular formula is C33H33F3N6O2. The van der Waals surface area contributed by atoms with Crippen LogP contribution in [0.3, 0.4) is 0 Å². The Morgan fingerprint density at radius 3 is 2.73 bits per heavy atom. The fourth-order valence-electron chi connectivity index (χ4n) is 7.97. The number of nitrogens with zero attached hydrogens (tertiary/aromatic N) is 5. The molecule has 8 nitrogen and oxygen atoms in total. The predicted octanol–water partition coefficient (Wildman–Crippen LogP) is 5.37. The first kappa shape index (κ1) is 27.6. The average Bonchev–Trinajstić information content (AvgIpc) is 3.66. The Morgan fingerprint density at radius 2 is 1.93 bits per heavy atom. The molecule has 3 aromatic heterocycles. The number of aromatic hydroxyl groups is 1. The lowest BCUT2D eigenvalue weighted by atomic mass is 9.95. The van der Waals surface area contributed by atoms with Gasteiger partial charge in [-0.3, -0.25) is 9.88 Å². The predicted molar refractivity (Wildman–Crippen MR) is 163 cm³/mol. The second kappa shape index (κ2) is 10.3. The Labute approximate surface area is 252 Å². The first-order chi connectivity index (χ1) is 21.3. The van der Waals surface area contributed by atoms with E-state index >= 15 is 4.39 Å². The molecule has 1 aromatic carbocycles. The molecule has 228 valence electrons. The molecule has 0 aliphatic carbocycles. The quantitative estimate of drug-likeness (QED) is 0.305. The smallest absolute Gasteiger partial charge is 0.216 e. The van der Waals surface area contributed by atoms with Crippen LogP contribution in [0.5, 0.6) is 11.8 Å². The maximum atomic E-state index is 16.7. The Kier molecular flexibility index (Phi) is 6.46. The zero-order valence-electron chi connectivity index (χ0n) is 24.2. The van der Waals surface area contributed by atoms with Crippen LogP contribution in [0.25, 0.3) is 39.1 Å². The van der Waals surface area contributed by atoms with Crippen LogP contribution >= 0.6 is 0 Å². The van der Waals surface area contributed by atoms with Crippen molar-refractivity contribution in [1.82, 2.24) is 25.2 Å². The average molecular weight is 603 g/mol. The van der Waals surface area contributed by atoms with Crippen LogP contribution < -0.4 is 15.0 Å². The monoisotopic (exact) mass is 602 g/mol. The topological polar surface area (TPSA) is 86.6 Å². The molecule has 11 heteroatoms. The summed E-state index contributed by atoms with van der Waals surface area (Å²) in [6.45, 7) is 6.74. The highest BCUT2D eigenvalue weighted by molar-refractivity contribution is 6.02. The van der Waals surface area contributed by atoms with Crippen LogP contribution in [0.4, 0.5) is 18.9 Å². The highest BCUT2D eigenvalue weighted by Crippen LogP contribution is 2.42. The Bertz CT molecular complexity index is 1810. The number of rotatable bonds is 6. The maximum absolute atomic E-state index is 16.7. The van der Waals surface area contributed by atoms with E-state index in [2.05, 4.69) is 36.6 Å². The number of anilines is 1. The van der Waals surface area contributed by atoms with Crippen molar-refractivity contribution < 1.29 is 23.0 Å². The van der Waals surface area contributed by atoms with Gasteiger partial charge in [-0.15, -0.1) is 0 Å². The van der Waals surface area contributed by atoms with Crippen molar-refractivity contribution in [1.29, 1.82) is 0 Å². The lowest BCUT2D eigenvalue weighted by Crippen LogP contribution is -2.51. The number of alkyl halides is 1. The van der Waals surface area contributed by atoms with E-state index in [4.69, 9.17) is 4.74 Å². The molecule has 2 bridgehead atoms. The van der Waals surface area contributed by atoms with Gasteiger partial charge >= 0.3 is 0 Å². The van der Waals surface area contributed by atoms with Crippen LogP contribution in [0.1, 0.15) is 37.7 Å². The molecule has 8 rings (SSSR count). The standard InChI is InChI=1S/C33H33F3N6O2/c1-2-22-24(35)7-4-18-10-26(43)39-31(28(18)22)32-29(36)30-23(13-37-32)25(41-15-20-5-6-21(16-41)38-20)11-27(40-30)44-17-33-8-3-9-42(33)14-19(34)12-33/h2,4,7,10-11,13,19-21,38H,1,3,5-6,8-9,12,14-17H2,(H,39,43)/t19-,20?,21?,33+/m1/s1. The molecular weight excluding hydrogens is 569 g/mol. The summed E-state index contributed by atoms with van der Waals surface area (Å²) in [5.74, 6) is -1.39. The van der Waals surface area contributed by atoms with Crippen molar-refractivity contribution >= 4 is 33.4 Å². The van der Waals surface area contributed by atoms with Gasteiger partial charge in [0.2, 0.25) is 11.8 Å². The van der Waals surface area contributed by atoms with Crippen LogP contribution in [-0.4, -0.2) is 81.5 Å². The lowest BCUT2D eigenvalue weighted by molar-refractivity contribution is 0.111. The van der Waals surface area contributed by atoms with Gasteiger partial charge in [0.15, 0.2) is 5.82 Å². The van der Waals surface area contributed by atoms with Gasteiger partial charge in [-0.1, -0.05) is 18.7 Å². The molecule has 4 fully saturated rings. The summed E-state index contributed by atoms with van der Waals surface area (Å²) in [6, 6.07) is 6.67. The Balaban J connectivity index is 1.27. The second-order valence-electron chi connectivity index (χ2n) is 12.7. The van der Waals surface area contributed by atoms with Crippen molar-refractivity contribution in [2.45, 2.75) is 55.9 Å². The highest BCUT2D eigenvalue weighted by Gasteiger charge is 2.49. The minimum absolute atomic E-state index is 0.0101. The number of ether oxygens (including phenoxy) is 1. The van der Waals surface area contributed by atoms with Crippen LogP contribution in [0.2, 0.25) is 0 Å². The first-order valence-electron chi connectivity index (χ1n) is 15.3. The van der Waals surface area contributed by atoms with Gasteiger partial charge in [0.25, 0.3) is 0 Å². The molecule has 0 spiro atoms. The van der Waals surface area contributed by atoms with Gasteiger partial charge < -0.3 is 20.1 Å². The molecule has 0 radical (unpaired) electrons. The number of pyridine rings is 3. The molecule has 44 heavy (non-hydrogen) atoms. The van der Waals surface area contributed by atoms with Gasteiger partial charge in [-0.25, -0.2) is 23.1 Å². The third-order valence-corrected chi connectivity index (χ3v) is 9.96. The van der Waals surface area contributed by atoms with Crippen LogP contribution in [0, 0.1) is 11.6 Å². The lowest BCUT2D eigenvalue weighted by Gasteiger charge is -2.35. The number of benzene rings is 1. The van der Waals surface area contributed by atoms with E-state index in [-0.39, 0.29) is 51.8 Å². The van der Waals surface area contributed by atoms with Crippen molar-refractivity contribution in [3.63, 3.8) is 0 Å². The van der Waals surface area contributed by atoms with Gasteiger partial charge in [0.1, 0.15) is 35.5 Å². The Morgan fingerprint density at radius 1 is 1.11 bits per heavy atom. The van der Waals surface area contributed by atoms with E-state index in [1.807, 2.05) is 6.07 Å². The summed E-state index contributed by atoms with van der Waals surface area (Å²) in [7, 11) is 0. The summed E-state index contributed by atoms with van der Waals surface area (Å²) >= 11 is 0. The Hall–Kier alpha value is -3.96. The summed E-state index contributed by atoms with van der Waals surface area (Å²) in [6.07, 6.45) is 6.41. The van der Waals surface area contributed by atoms with Crippen LogP contribution in [-0.2, 0) is 0 Å². The van der Waals surface area contributed by atoms with Crippen molar-refractivity contribution in [2.24, 2.45) is 0 Å². The molecule has 2 unspecified atom stereocenters. The maximum Gasteiger partial charge on any atom is 0.216 e. The van der Waals surface area contributed by atoms with Gasteiger partial charge in [0, 0.05) is 72.8 Å². The summed E-state index contributed by atoms with van der Waals surface area (Å²) < 4.78 is 52.4. The van der Waals surface area contributed by atoms with E-state index in [0.29, 0.717) is 35.8 Å². The number of halogens is 3. The molecule has 0 saturated carbocycles. The first-order valence-corrected chi connectivity index (χ1v) is 15.3. The number of aromatic nitrogens is 3. The zero-order chi connectivity index (χ0) is 30.2. The molecule has 4 atom stereocenters. The van der Waals surface area contributed by atoms with Crippen molar-refractivity contribution in [2.75, 3.05) is 37.7 Å². The van der Waals surface area contributed by atoms with E-state index in [1.165, 1.54) is 24.3 Å². The summed E-state index contributed by atoms with van der Waals surface area (Å²) in [5, 5.41) is 15.3. The number of nitrogens with one attached hydrogen (secondary N) is 1. The molecule has 7 heterocycles. The molecule has 4 aromatic rings. The third-order valence-electron chi connectivity index (χ3n) is 9.96. The number of fused-ring (bicyclic) bond motifs is 5.